The van der Waals surface area contributed by atoms with Gasteiger partial charge in [-0.05, 0) is 25.2 Å². The number of rotatable bonds is 1. The lowest BCUT2D eigenvalue weighted by atomic mass is 10.1. The number of hydrogen-bond acceptors (Lipinski definition) is 3. The summed E-state index contributed by atoms with van der Waals surface area (Å²) in [5.74, 6) is -0.786. The average Bonchev–Trinajstić information content (AvgIpc) is 2.32. The number of halogens is 1. The molecule has 1 aliphatic heterocycles. The monoisotopic (exact) mass is 237 g/mol. The SMILES string of the molecule is CN1CCN(C(=O)c2cc(N)ccc2F)CC1. The molecule has 0 saturated carbocycles. The smallest absolute Gasteiger partial charge is 0.256 e. The van der Waals surface area contributed by atoms with Crippen molar-refractivity contribution in [3.05, 3.63) is 29.6 Å². The van der Waals surface area contributed by atoms with E-state index >= 15 is 0 Å². The molecular formula is C12H16FN3O. The van der Waals surface area contributed by atoms with Crippen molar-refractivity contribution in [2.24, 2.45) is 0 Å². The second kappa shape index (κ2) is 4.71. The van der Waals surface area contributed by atoms with Crippen LogP contribution in [0.2, 0.25) is 0 Å². The Bertz CT molecular complexity index is 428. The number of likely N-dealkylation sites (N-methyl/N-ethyl adjacent to an activating group) is 1. The van der Waals surface area contributed by atoms with Crippen molar-refractivity contribution in [3.8, 4) is 0 Å². The minimum absolute atomic E-state index is 0.0644. The van der Waals surface area contributed by atoms with Gasteiger partial charge in [0.2, 0.25) is 0 Å². The molecule has 0 unspecified atom stereocenters. The van der Waals surface area contributed by atoms with Gasteiger partial charge in [0.1, 0.15) is 5.82 Å². The van der Waals surface area contributed by atoms with E-state index in [4.69, 9.17) is 5.73 Å². The molecule has 0 aliphatic carbocycles. The van der Waals surface area contributed by atoms with Crippen LogP contribution in [0.3, 0.4) is 0 Å². The van der Waals surface area contributed by atoms with Crippen molar-refractivity contribution in [1.82, 2.24) is 9.80 Å². The van der Waals surface area contributed by atoms with Crippen LogP contribution in [0.4, 0.5) is 10.1 Å². The van der Waals surface area contributed by atoms with E-state index in [9.17, 15) is 9.18 Å². The highest BCUT2D eigenvalue weighted by molar-refractivity contribution is 5.95. The second-order valence-electron chi connectivity index (χ2n) is 4.33. The zero-order valence-corrected chi connectivity index (χ0v) is 9.82. The molecule has 1 aromatic carbocycles. The zero-order chi connectivity index (χ0) is 12.4. The predicted octanol–water partition coefficient (Wildman–Crippen LogP) is 0.795. The molecule has 0 radical (unpaired) electrons. The molecule has 1 heterocycles. The van der Waals surface area contributed by atoms with Crippen LogP contribution in [-0.4, -0.2) is 48.9 Å². The summed E-state index contributed by atoms with van der Waals surface area (Å²) < 4.78 is 13.5. The van der Waals surface area contributed by atoms with Gasteiger partial charge in [-0.25, -0.2) is 4.39 Å². The zero-order valence-electron chi connectivity index (χ0n) is 9.82. The highest BCUT2D eigenvalue weighted by Crippen LogP contribution is 2.15. The molecular weight excluding hydrogens is 221 g/mol. The van der Waals surface area contributed by atoms with Crippen LogP contribution < -0.4 is 5.73 Å². The van der Waals surface area contributed by atoms with Gasteiger partial charge in [0.05, 0.1) is 5.56 Å². The summed E-state index contributed by atoms with van der Waals surface area (Å²) >= 11 is 0. The molecule has 1 aliphatic rings. The Morgan fingerprint density at radius 1 is 1.29 bits per heavy atom. The van der Waals surface area contributed by atoms with Gasteiger partial charge < -0.3 is 15.5 Å². The molecule has 1 fully saturated rings. The lowest BCUT2D eigenvalue weighted by Gasteiger charge is -2.32. The Morgan fingerprint density at radius 2 is 1.94 bits per heavy atom. The number of amides is 1. The predicted molar refractivity (Wildman–Crippen MR) is 64.2 cm³/mol. The Morgan fingerprint density at radius 3 is 2.59 bits per heavy atom. The maximum Gasteiger partial charge on any atom is 0.256 e. The molecule has 2 N–H and O–H groups in total. The fraction of sp³-hybridized carbons (Fsp3) is 0.417. The van der Waals surface area contributed by atoms with Gasteiger partial charge in [0.15, 0.2) is 0 Å². The van der Waals surface area contributed by atoms with Gasteiger partial charge in [0, 0.05) is 31.9 Å². The van der Waals surface area contributed by atoms with Gasteiger partial charge in [0.25, 0.3) is 5.91 Å². The topological polar surface area (TPSA) is 49.6 Å². The van der Waals surface area contributed by atoms with Gasteiger partial charge in [-0.2, -0.15) is 0 Å². The largest absolute Gasteiger partial charge is 0.399 e. The Kier molecular flexibility index (Phi) is 3.28. The van der Waals surface area contributed by atoms with Crippen LogP contribution >= 0.6 is 0 Å². The van der Waals surface area contributed by atoms with Gasteiger partial charge in [-0.1, -0.05) is 0 Å². The van der Waals surface area contributed by atoms with Gasteiger partial charge in [-0.15, -0.1) is 0 Å². The highest BCUT2D eigenvalue weighted by atomic mass is 19.1. The number of hydrogen-bond donors (Lipinski definition) is 1. The molecule has 1 aromatic rings. The lowest BCUT2D eigenvalue weighted by Crippen LogP contribution is -2.47. The van der Waals surface area contributed by atoms with Crippen LogP contribution in [0, 0.1) is 5.82 Å². The summed E-state index contributed by atoms with van der Waals surface area (Å²) in [5.41, 5.74) is 6.04. The second-order valence-corrected chi connectivity index (χ2v) is 4.33. The number of piperazine rings is 1. The number of nitrogen functional groups attached to an aromatic ring is 1. The van der Waals surface area contributed by atoms with Crippen molar-refractivity contribution in [2.45, 2.75) is 0 Å². The summed E-state index contributed by atoms with van der Waals surface area (Å²) in [4.78, 5) is 15.9. The third-order valence-electron chi connectivity index (χ3n) is 3.01. The number of benzene rings is 1. The van der Waals surface area contributed by atoms with Crippen molar-refractivity contribution in [3.63, 3.8) is 0 Å². The summed E-state index contributed by atoms with van der Waals surface area (Å²) in [6.45, 7) is 2.89. The van der Waals surface area contributed by atoms with Crippen molar-refractivity contribution in [1.29, 1.82) is 0 Å². The normalized spacial score (nSPS) is 17.2. The van der Waals surface area contributed by atoms with Crippen LogP contribution in [0.5, 0.6) is 0 Å². The van der Waals surface area contributed by atoms with E-state index in [0.717, 1.165) is 13.1 Å². The summed E-state index contributed by atoms with van der Waals surface area (Å²) in [5, 5.41) is 0. The van der Waals surface area contributed by atoms with Crippen LogP contribution in [-0.2, 0) is 0 Å². The average molecular weight is 237 g/mol. The summed E-state index contributed by atoms with van der Waals surface area (Å²) in [6, 6.07) is 4.09. The Hall–Kier alpha value is -1.62. The van der Waals surface area contributed by atoms with Crippen molar-refractivity contribution in [2.75, 3.05) is 39.0 Å². The molecule has 0 atom stereocenters. The minimum atomic E-state index is -0.511. The van der Waals surface area contributed by atoms with Crippen LogP contribution in [0.1, 0.15) is 10.4 Å². The van der Waals surface area contributed by atoms with E-state index < -0.39 is 5.82 Å². The van der Waals surface area contributed by atoms with E-state index in [1.165, 1.54) is 18.2 Å². The van der Waals surface area contributed by atoms with Gasteiger partial charge in [-0.3, -0.25) is 4.79 Å². The molecule has 17 heavy (non-hydrogen) atoms. The Labute approximate surface area is 99.8 Å². The number of nitrogens with two attached hydrogens (primary N) is 1. The number of anilines is 1. The first-order chi connectivity index (χ1) is 8.08. The molecule has 0 spiro atoms. The van der Waals surface area contributed by atoms with E-state index in [1.807, 2.05) is 7.05 Å². The first-order valence-electron chi connectivity index (χ1n) is 5.61. The third kappa shape index (κ3) is 2.55. The summed E-state index contributed by atoms with van der Waals surface area (Å²) in [6.07, 6.45) is 0. The molecule has 1 saturated heterocycles. The van der Waals surface area contributed by atoms with Crippen molar-refractivity contribution >= 4 is 11.6 Å². The molecule has 4 nitrogen and oxygen atoms in total. The fourth-order valence-electron chi connectivity index (χ4n) is 1.89. The summed E-state index contributed by atoms with van der Waals surface area (Å²) in [7, 11) is 2.00. The van der Waals surface area contributed by atoms with Crippen molar-refractivity contribution < 1.29 is 9.18 Å². The number of carbonyl (C=O) groups is 1. The molecule has 1 amide bonds. The standard InChI is InChI=1S/C12H16FN3O/c1-15-4-6-16(7-5-15)12(17)10-8-9(14)2-3-11(10)13/h2-3,8H,4-7,14H2,1H3. The molecule has 2 rings (SSSR count). The quantitative estimate of drug-likeness (QED) is 0.735. The van der Waals surface area contributed by atoms with Gasteiger partial charge >= 0.3 is 0 Å². The van der Waals surface area contributed by atoms with E-state index in [-0.39, 0.29) is 11.5 Å². The number of nitrogens with zero attached hydrogens (tertiary/aromatic N) is 2. The molecule has 5 heteroatoms. The first-order valence-corrected chi connectivity index (χ1v) is 5.61. The highest BCUT2D eigenvalue weighted by Gasteiger charge is 2.22. The number of carbonyl (C=O) groups excluding carboxylic acids is 1. The van der Waals surface area contributed by atoms with Crippen LogP contribution in [0.25, 0.3) is 0 Å². The van der Waals surface area contributed by atoms with E-state index in [0.29, 0.717) is 18.8 Å². The fourth-order valence-corrected chi connectivity index (χ4v) is 1.89. The third-order valence-corrected chi connectivity index (χ3v) is 3.01. The first kappa shape index (κ1) is 11.9. The maximum absolute atomic E-state index is 13.5. The lowest BCUT2D eigenvalue weighted by molar-refractivity contribution is 0.0659. The molecule has 92 valence electrons. The van der Waals surface area contributed by atoms with E-state index in [1.54, 1.807) is 4.90 Å². The molecule has 0 bridgehead atoms. The van der Waals surface area contributed by atoms with Crippen LogP contribution in [0.15, 0.2) is 18.2 Å². The minimum Gasteiger partial charge on any atom is -0.399 e. The molecule has 0 aromatic heterocycles. The Balaban J connectivity index is 2.16. The maximum atomic E-state index is 13.5. The van der Waals surface area contributed by atoms with E-state index in [2.05, 4.69) is 4.90 Å².